The van der Waals surface area contributed by atoms with Gasteiger partial charge in [0.05, 0.1) is 39.4 Å². The van der Waals surface area contributed by atoms with E-state index in [4.69, 9.17) is 25.8 Å². The van der Waals surface area contributed by atoms with Crippen molar-refractivity contribution in [2.75, 3.05) is 40.3 Å². The van der Waals surface area contributed by atoms with Crippen molar-refractivity contribution in [1.82, 2.24) is 0 Å². The third kappa shape index (κ3) is 5.08. The van der Waals surface area contributed by atoms with Gasteiger partial charge in [-0.2, -0.15) is 4.58 Å². The molecule has 0 saturated carbocycles. The number of hydrogen-bond acceptors (Lipinski definition) is 5. The molecular formula is C36H44ClN2O4+. The van der Waals surface area contributed by atoms with Gasteiger partial charge in [-0.15, -0.1) is 0 Å². The van der Waals surface area contributed by atoms with Gasteiger partial charge in [-0.25, -0.2) is 0 Å². The van der Waals surface area contributed by atoms with Crippen molar-refractivity contribution < 1.29 is 23.9 Å². The SMILES string of the molecule is COc1cc2c(cc1CO)N(C)/C(=C\C=C1/CCCC(/C=C/C3=[N+](C)c4cc(OC)c(OC)cc4C3(C)C)=C1Cl)C2(C)C. The molecule has 1 N–H and O–H groups in total. The van der Waals surface area contributed by atoms with Crippen LogP contribution in [0.3, 0.4) is 0 Å². The lowest BCUT2D eigenvalue weighted by molar-refractivity contribution is -0.401. The van der Waals surface area contributed by atoms with E-state index in [-0.39, 0.29) is 17.4 Å². The van der Waals surface area contributed by atoms with Crippen LogP contribution >= 0.6 is 11.6 Å². The van der Waals surface area contributed by atoms with Gasteiger partial charge in [0.25, 0.3) is 0 Å². The Bertz CT molecular complexity index is 1620. The van der Waals surface area contributed by atoms with Gasteiger partial charge in [0, 0.05) is 46.1 Å². The molecule has 0 atom stereocenters. The first-order chi connectivity index (χ1) is 20.4. The van der Waals surface area contributed by atoms with E-state index in [9.17, 15) is 5.11 Å². The van der Waals surface area contributed by atoms with Crippen LogP contribution in [0, 0.1) is 0 Å². The van der Waals surface area contributed by atoms with Crippen LogP contribution in [0.1, 0.15) is 63.6 Å². The first-order valence-corrected chi connectivity index (χ1v) is 15.2. The smallest absolute Gasteiger partial charge is 0.213 e. The number of hydrogen-bond donors (Lipinski definition) is 1. The summed E-state index contributed by atoms with van der Waals surface area (Å²) in [6.45, 7) is 8.87. The third-order valence-corrected chi connectivity index (χ3v) is 9.97. The summed E-state index contributed by atoms with van der Waals surface area (Å²) in [5.41, 5.74) is 9.60. The molecule has 0 aromatic heterocycles. The second kappa shape index (κ2) is 11.5. The van der Waals surface area contributed by atoms with E-state index < -0.39 is 0 Å². The average molecular weight is 604 g/mol. The van der Waals surface area contributed by atoms with E-state index in [0.717, 1.165) is 63.9 Å². The van der Waals surface area contributed by atoms with Gasteiger partial charge in [-0.05, 0) is 74.1 Å². The van der Waals surface area contributed by atoms with E-state index in [1.165, 1.54) is 22.5 Å². The third-order valence-electron chi connectivity index (χ3n) is 9.48. The van der Waals surface area contributed by atoms with Crippen molar-refractivity contribution in [3.05, 3.63) is 87.1 Å². The fraction of sp³-hybridized carbons (Fsp3) is 0.417. The molecule has 3 aliphatic rings. The second-order valence-electron chi connectivity index (χ2n) is 12.6. The van der Waals surface area contributed by atoms with Crippen molar-refractivity contribution in [3.63, 3.8) is 0 Å². The molecule has 1 aliphatic carbocycles. The van der Waals surface area contributed by atoms with Crippen LogP contribution in [0.25, 0.3) is 0 Å². The highest BCUT2D eigenvalue weighted by Gasteiger charge is 2.44. The van der Waals surface area contributed by atoms with Crippen molar-refractivity contribution in [2.24, 2.45) is 0 Å². The van der Waals surface area contributed by atoms with Gasteiger partial charge < -0.3 is 24.2 Å². The van der Waals surface area contributed by atoms with Crippen LogP contribution in [0.2, 0.25) is 0 Å². The van der Waals surface area contributed by atoms with E-state index in [2.05, 4.69) is 93.8 Å². The monoisotopic (exact) mass is 603 g/mol. The number of methoxy groups -OCH3 is 3. The summed E-state index contributed by atoms with van der Waals surface area (Å²) < 4.78 is 19.0. The summed E-state index contributed by atoms with van der Waals surface area (Å²) >= 11 is 7.09. The zero-order valence-electron chi connectivity index (χ0n) is 26.9. The molecule has 2 aromatic rings. The quantitative estimate of drug-likeness (QED) is 0.329. The number of rotatable bonds is 7. The van der Waals surface area contributed by atoms with E-state index in [0.29, 0.717) is 5.75 Å². The normalized spacial score (nSPS) is 20.9. The predicted molar refractivity (Wildman–Crippen MR) is 176 cm³/mol. The Balaban J connectivity index is 1.47. The molecule has 0 fully saturated rings. The van der Waals surface area contributed by atoms with Gasteiger partial charge in [-0.1, -0.05) is 37.6 Å². The van der Waals surface area contributed by atoms with Crippen LogP contribution in [0.5, 0.6) is 17.2 Å². The zero-order valence-corrected chi connectivity index (χ0v) is 27.6. The fourth-order valence-electron chi connectivity index (χ4n) is 6.93. The first kappa shape index (κ1) is 31.0. The Labute approximate surface area is 261 Å². The molecule has 6 nitrogen and oxygen atoms in total. The molecule has 2 heterocycles. The molecule has 5 rings (SSSR count). The lowest BCUT2D eigenvalue weighted by Crippen LogP contribution is -2.26. The highest BCUT2D eigenvalue weighted by atomic mass is 35.5. The number of halogens is 1. The largest absolute Gasteiger partial charge is 0.496 e. The highest BCUT2D eigenvalue weighted by molar-refractivity contribution is 6.32. The molecule has 0 amide bonds. The number of aliphatic hydroxyl groups excluding tert-OH is 1. The Hall–Kier alpha value is -3.48. The molecule has 0 saturated heterocycles. The molecule has 43 heavy (non-hydrogen) atoms. The summed E-state index contributed by atoms with van der Waals surface area (Å²) in [5.74, 6) is 2.18. The van der Waals surface area contributed by atoms with Crippen molar-refractivity contribution >= 4 is 28.7 Å². The number of allylic oxidation sites excluding steroid dienone is 8. The van der Waals surface area contributed by atoms with Gasteiger partial charge in [0.15, 0.2) is 17.2 Å². The highest BCUT2D eigenvalue weighted by Crippen LogP contribution is 2.50. The number of benzene rings is 2. The number of anilines is 1. The van der Waals surface area contributed by atoms with E-state index in [1.807, 2.05) is 6.07 Å². The Morgan fingerprint density at radius 1 is 0.884 bits per heavy atom. The number of ether oxygens (including phenoxy) is 3. The minimum absolute atomic E-state index is 0.0644. The van der Waals surface area contributed by atoms with Crippen LogP contribution in [0.15, 0.2) is 70.4 Å². The topological polar surface area (TPSA) is 54.2 Å². The molecule has 0 bridgehead atoms. The maximum atomic E-state index is 9.87. The first-order valence-electron chi connectivity index (χ1n) is 14.8. The number of likely N-dealkylation sites (N-methyl/N-ethyl adjacent to an activating group) is 1. The standard InChI is InChI=1S/C36H44ClN2O4/c1-35(2)25-18-29(41-7)24(21-40)17-27(25)38(5)32(35)15-13-22-11-10-12-23(34(22)37)14-16-33-36(3,4)26-19-30(42-8)31(43-9)20-28(26)39(33)6/h13-20,40H,10-12,21H2,1-9H3/q+1. The molecule has 0 spiro atoms. The second-order valence-corrected chi connectivity index (χ2v) is 13.0. The van der Waals surface area contributed by atoms with Crippen LogP contribution < -0.4 is 19.1 Å². The molecule has 2 aromatic carbocycles. The van der Waals surface area contributed by atoms with Gasteiger partial charge in [0.2, 0.25) is 5.69 Å². The number of aliphatic hydroxyl groups is 1. The summed E-state index contributed by atoms with van der Waals surface area (Å²) in [5, 5.41) is 10.7. The molecular weight excluding hydrogens is 560 g/mol. The molecule has 0 radical (unpaired) electrons. The summed E-state index contributed by atoms with van der Waals surface area (Å²) in [7, 11) is 9.17. The summed E-state index contributed by atoms with van der Waals surface area (Å²) in [6, 6.07) is 8.24. The van der Waals surface area contributed by atoms with Crippen LogP contribution in [-0.4, -0.2) is 50.8 Å². The Kier molecular flexibility index (Phi) is 8.32. The van der Waals surface area contributed by atoms with Crippen LogP contribution in [0.4, 0.5) is 11.4 Å². The van der Waals surface area contributed by atoms with E-state index in [1.54, 1.807) is 21.3 Å². The lowest BCUT2D eigenvalue weighted by atomic mass is 9.81. The zero-order chi connectivity index (χ0) is 31.3. The van der Waals surface area contributed by atoms with Crippen molar-refractivity contribution in [3.8, 4) is 17.2 Å². The Morgan fingerprint density at radius 2 is 1.53 bits per heavy atom. The van der Waals surface area contributed by atoms with Gasteiger partial charge in [0.1, 0.15) is 12.8 Å². The van der Waals surface area contributed by atoms with Gasteiger partial charge >= 0.3 is 0 Å². The van der Waals surface area contributed by atoms with Crippen molar-refractivity contribution in [1.29, 1.82) is 0 Å². The molecule has 228 valence electrons. The fourth-order valence-corrected chi connectivity index (χ4v) is 7.25. The van der Waals surface area contributed by atoms with Crippen molar-refractivity contribution in [2.45, 2.75) is 64.4 Å². The molecule has 2 aliphatic heterocycles. The maximum absolute atomic E-state index is 9.87. The Morgan fingerprint density at radius 3 is 2.19 bits per heavy atom. The number of fused-ring (bicyclic) bond motifs is 2. The van der Waals surface area contributed by atoms with E-state index >= 15 is 0 Å². The lowest BCUT2D eigenvalue weighted by Gasteiger charge is -2.24. The predicted octanol–water partition coefficient (Wildman–Crippen LogP) is 7.68. The summed E-state index contributed by atoms with van der Waals surface area (Å²) in [6.07, 6.45) is 11.7. The summed E-state index contributed by atoms with van der Waals surface area (Å²) in [4.78, 5) is 2.21. The molecule has 7 heteroatoms. The minimum Gasteiger partial charge on any atom is -0.496 e. The van der Waals surface area contributed by atoms with Gasteiger partial charge in [-0.3, -0.25) is 0 Å². The number of nitrogens with zero attached hydrogens (tertiary/aromatic N) is 2. The average Bonchev–Trinajstić information content (AvgIpc) is 3.30. The molecule has 0 unspecified atom stereocenters. The maximum Gasteiger partial charge on any atom is 0.213 e. The minimum atomic E-state index is -0.231. The van der Waals surface area contributed by atoms with Crippen LogP contribution in [-0.2, 0) is 17.4 Å².